The van der Waals surface area contributed by atoms with Crippen molar-refractivity contribution in [1.82, 2.24) is 14.9 Å². The third-order valence-electron chi connectivity index (χ3n) is 4.86. The van der Waals surface area contributed by atoms with E-state index in [0.717, 1.165) is 6.07 Å². The summed E-state index contributed by atoms with van der Waals surface area (Å²) in [6, 6.07) is 4.05. The van der Waals surface area contributed by atoms with Crippen molar-refractivity contribution in [3.05, 3.63) is 35.4 Å². The molecule has 1 aliphatic rings. The van der Waals surface area contributed by atoms with Crippen LogP contribution in [0.3, 0.4) is 0 Å². The highest BCUT2D eigenvalue weighted by Gasteiger charge is 2.27. The minimum Gasteiger partial charge on any atom is -0.356 e. The van der Waals surface area contributed by atoms with E-state index in [1.54, 1.807) is 20.0 Å². The van der Waals surface area contributed by atoms with E-state index < -0.39 is 21.7 Å². The number of nitrogens with zero attached hydrogens (tertiary/aromatic N) is 2. The molecule has 6 nitrogen and oxygen atoms in total. The number of aliphatic imine (C=N–C) groups is 1. The van der Waals surface area contributed by atoms with Crippen molar-refractivity contribution in [1.29, 1.82) is 0 Å². The number of halogens is 3. The lowest BCUT2D eigenvalue weighted by atomic mass is 10.0. The lowest BCUT2D eigenvalue weighted by Crippen LogP contribution is -2.50. The molecule has 1 fully saturated rings. The van der Waals surface area contributed by atoms with Crippen LogP contribution in [-0.4, -0.2) is 57.2 Å². The van der Waals surface area contributed by atoms with Crippen molar-refractivity contribution in [3.63, 3.8) is 0 Å². The van der Waals surface area contributed by atoms with Gasteiger partial charge < -0.3 is 10.6 Å². The Bertz CT molecular complexity index is 769. The SMILES string of the molecule is CCS(=O)(=O)N1CCC(NC(=NC)NCC(C)c2ccc(F)c(F)c2)CC1.I. The van der Waals surface area contributed by atoms with Crippen molar-refractivity contribution in [2.45, 2.75) is 38.6 Å². The second-order valence-electron chi connectivity index (χ2n) is 6.75. The molecule has 0 bridgehead atoms. The molecule has 0 saturated carbocycles. The van der Waals surface area contributed by atoms with Crippen LogP contribution in [0, 0.1) is 11.6 Å². The minimum atomic E-state index is -3.14. The average Bonchev–Trinajstić information content (AvgIpc) is 2.67. The van der Waals surface area contributed by atoms with E-state index in [1.165, 1.54) is 10.4 Å². The van der Waals surface area contributed by atoms with E-state index in [2.05, 4.69) is 15.6 Å². The van der Waals surface area contributed by atoms with Gasteiger partial charge >= 0.3 is 0 Å². The number of rotatable bonds is 6. The molecule has 1 atom stereocenters. The van der Waals surface area contributed by atoms with Gasteiger partial charge in [0.25, 0.3) is 0 Å². The molecule has 1 saturated heterocycles. The Morgan fingerprint density at radius 1 is 1.29 bits per heavy atom. The predicted molar refractivity (Wildman–Crippen MR) is 119 cm³/mol. The standard InChI is InChI=1S/C18H28F2N4O2S.HI/c1-4-27(25,26)24-9-7-15(8-10-24)23-18(21-3)22-12-13(2)14-5-6-16(19)17(20)11-14;/h5-6,11,13,15H,4,7-10,12H2,1-3H3,(H2,21,22,23);1H. The van der Waals surface area contributed by atoms with Gasteiger partial charge in [-0.05, 0) is 43.4 Å². The Labute approximate surface area is 183 Å². The van der Waals surface area contributed by atoms with Crippen LogP contribution in [0.5, 0.6) is 0 Å². The fraction of sp³-hybridized carbons (Fsp3) is 0.611. The molecule has 1 aromatic carbocycles. The Morgan fingerprint density at radius 3 is 2.46 bits per heavy atom. The van der Waals surface area contributed by atoms with Crippen LogP contribution in [-0.2, 0) is 10.0 Å². The van der Waals surface area contributed by atoms with Crippen LogP contribution in [0.4, 0.5) is 8.78 Å². The van der Waals surface area contributed by atoms with Crippen molar-refractivity contribution < 1.29 is 17.2 Å². The van der Waals surface area contributed by atoms with E-state index >= 15 is 0 Å². The van der Waals surface area contributed by atoms with Crippen LogP contribution in [0.1, 0.15) is 38.2 Å². The third-order valence-corrected chi connectivity index (χ3v) is 6.75. The number of piperidine rings is 1. The monoisotopic (exact) mass is 530 g/mol. The lowest BCUT2D eigenvalue weighted by Gasteiger charge is -2.32. The fourth-order valence-electron chi connectivity index (χ4n) is 3.04. The zero-order valence-electron chi connectivity index (χ0n) is 16.4. The number of nitrogens with one attached hydrogen (secondary N) is 2. The maximum absolute atomic E-state index is 13.4. The van der Waals surface area contributed by atoms with E-state index in [0.29, 0.717) is 44.0 Å². The molecule has 1 aliphatic heterocycles. The average molecular weight is 530 g/mol. The molecule has 1 aromatic rings. The zero-order valence-corrected chi connectivity index (χ0v) is 19.6. The van der Waals surface area contributed by atoms with E-state index in [4.69, 9.17) is 0 Å². The Balaban J connectivity index is 0.00000392. The topological polar surface area (TPSA) is 73.8 Å². The van der Waals surface area contributed by atoms with E-state index in [9.17, 15) is 17.2 Å². The van der Waals surface area contributed by atoms with Gasteiger partial charge in [-0.15, -0.1) is 24.0 Å². The molecule has 0 aromatic heterocycles. The fourth-order valence-corrected chi connectivity index (χ4v) is 4.17. The first-order valence-corrected chi connectivity index (χ1v) is 10.8. The highest BCUT2D eigenvalue weighted by molar-refractivity contribution is 14.0. The number of guanidine groups is 1. The highest BCUT2D eigenvalue weighted by Crippen LogP contribution is 2.18. The Morgan fingerprint density at radius 2 is 1.93 bits per heavy atom. The molecule has 10 heteroatoms. The summed E-state index contributed by atoms with van der Waals surface area (Å²) in [5, 5.41) is 6.50. The molecular formula is C18H29F2IN4O2S. The van der Waals surface area contributed by atoms with Gasteiger partial charge in [0.05, 0.1) is 5.75 Å². The molecule has 2 N–H and O–H groups in total. The van der Waals surface area contributed by atoms with Crippen LogP contribution >= 0.6 is 24.0 Å². The maximum Gasteiger partial charge on any atom is 0.213 e. The lowest BCUT2D eigenvalue weighted by molar-refractivity contribution is 0.306. The van der Waals surface area contributed by atoms with E-state index in [1.807, 2.05) is 6.92 Å². The summed E-state index contributed by atoms with van der Waals surface area (Å²) in [4.78, 5) is 4.19. The quantitative estimate of drug-likeness (QED) is 0.337. The number of hydrogen-bond donors (Lipinski definition) is 2. The second-order valence-corrected chi connectivity index (χ2v) is 9.00. The largest absolute Gasteiger partial charge is 0.356 e. The van der Waals surface area contributed by atoms with Crippen LogP contribution < -0.4 is 10.6 Å². The molecule has 1 unspecified atom stereocenters. The summed E-state index contributed by atoms with van der Waals surface area (Å²) in [5.41, 5.74) is 0.704. The predicted octanol–water partition coefficient (Wildman–Crippen LogP) is 2.67. The van der Waals surface area contributed by atoms with Gasteiger partial charge in [0, 0.05) is 32.7 Å². The first-order valence-electron chi connectivity index (χ1n) is 9.16. The molecule has 0 radical (unpaired) electrons. The van der Waals surface area contributed by atoms with Crippen LogP contribution in [0.25, 0.3) is 0 Å². The number of hydrogen-bond acceptors (Lipinski definition) is 3. The molecule has 28 heavy (non-hydrogen) atoms. The first-order chi connectivity index (χ1) is 12.8. The summed E-state index contributed by atoms with van der Waals surface area (Å²) in [5.74, 6) is -1.00. The van der Waals surface area contributed by atoms with Gasteiger partial charge in [-0.25, -0.2) is 21.5 Å². The summed E-state index contributed by atoms with van der Waals surface area (Å²) in [6.45, 7) is 5.07. The normalized spacial score (nSPS) is 17.7. The Kier molecular flexibility index (Phi) is 10.1. The van der Waals surface area contributed by atoms with Gasteiger partial charge in [0.2, 0.25) is 10.0 Å². The van der Waals surface area contributed by atoms with Crippen LogP contribution in [0.2, 0.25) is 0 Å². The van der Waals surface area contributed by atoms with Crippen molar-refractivity contribution in [2.24, 2.45) is 4.99 Å². The van der Waals surface area contributed by atoms with Gasteiger partial charge in [0.15, 0.2) is 17.6 Å². The van der Waals surface area contributed by atoms with Gasteiger partial charge in [0.1, 0.15) is 0 Å². The van der Waals surface area contributed by atoms with Crippen LogP contribution in [0.15, 0.2) is 23.2 Å². The molecule has 0 spiro atoms. The minimum absolute atomic E-state index is 0. The molecular weight excluding hydrogens is 501 g/mol. The number of benzene rings is 1. The second kappa shape index (κ2) is 11.2. The molecule has 0 aliphatic carbocycles. The summed E-state index contributed by atoms with van der Waals surface area (Å²) in [7, 11) is -1.47. The smallest absolute Gasteiger partial charge is 0.213 e. The van der Waals surface area contributed by atoms with E-state index in [-0.39, 0.29) is 41.7 Å². The number of sulfonamides is 1. The summed E-state index contributed by atoms with van der Waals surface area (Å²) in [6.07, 6.45) is 1.41. The van der Waals surface area contributed by atoms with Crippen molar-refractivity contribution in [3.8, 4) is 0 Å². The molecule has 2 rings (SSSR count). The van der Waals surface area contributed by atoms with Gasteiger partial charge in [-0.1, -0.05) is 13.0 Å². The van der Waals surface area contributed by atoms with Crippen molar-refractivity contribution in [2.75, 3.05) is 32.4 Å². The third kappa shape index (κ3) is 6.80. The first kappa shape index (κ1) is 25.0. The highest BCUT2D eigenvalue weighted by atomic mass is 127. The molecule has 0 amide bonds. The summed E-state index contributed by atoms with van der Waals surface area (Å²) >= 11 is 0. The maximum atomic E-state index is 13.4. The molecule has 1 heterocycles. The van der Waals surface area contributed by atoms with Gasteiger partial charge in [-0.2, -0.15) is 0 Å². The molecule has 160 valence electrons. The summed E-state index contributed by atoms with van der Waals surface area (Å²) < 4.78 is 51.8. The van der Waals surface area contributed by atoms with Crippen molar-refractivity contribution >= 4 is 40.0 Å². The van der Waals surface area contributed by atoms with Gasteiger partial charge in [-0.3, -0.25) is 4.99 Å². The zero-order chi connectivity index (χ0) is 20.0. The Hall–Kier alpha value is -1.01.